The highest BCUT2D eigenvalue weighted by Crippen LogP contribution is 2.31. The zero-order chi connectivity index (χ0) is 13.4. The quantitative estimate of drug-likeness (QED) is 0.743. The molecule has 0 aliphatic carbocycles. The largest absolute Gasteiger partial charge is 0.441 e. The smallest absolute Gasteiger partial charge is 0.310 e. The van der Waals surface area contributed by atoms with Gasteiger partial charge in [-0.1, -0.05) is 49.0 Å². The Morgan fingerprint density at radius 3 is 2.44 bits per heavy atom. The monoisotopic (exact) mass is 277 g/mol. The van der Waals surface area contributed by atoms with E-state index in [1.807, 2.05) is 37.3 Å². The molecule has 0 radical (unpaired) electrons. The average Bonchev–Trinajstić information content (AvgIpc) is 2.33. The van der Waals surface area contributed by atoms with Crippen LogP contribution in [0.4, 0.5) is 13.2 Å². The van der Waals surface area contributed by atoms with Crippen LogP contribution >= 0.6 is 11.8 Å². The predicted molar refractivity (Wildman–Crippen MR) is 70.6 cm³/mol. The highest BCUT2D eigenvalue weighted by Gasteiger charge is 2.27. The fourth-order valence-corrected chi connectivity index (χ4v) is 2.34. The Morgan fingerprint density at radius 1 is 1.22 bits per heavy atom. The first-order chi connectivity index (χ1) is 8.53. The van der Waals surface area contributed by atoms with Gasteiger partial charge in [0, 0.05) is 11.8 Å². The summed E-state index contributed by atoms with van der Waals surface area (Å²) in [6, 6.07) is 9.99. The lowest BCUT2D eigenvalue weighted by atomic mass is 10.0. The third kappa shape index (κ3) is 6.31. The average molecular weight is 277 g/mol. The van der Waals surface area contributed by atoms with Crippen LogP contribution in [0.25, 0.3) is 0 Å². The van der Waals surface area contributed by atoms with Crippen molar-refractivity contribution in [2.45, 2.75) is 31.3 Å². The Balaban J connectivity index is 2.40. The molecule has 1 rings (SSSR count). The number of halogens is 3. The highest BCUT2D eigenvalue weighted by molar-refractivity contribution is 8.00. The van der Waals surface area contributed by atoms with E-state index < -0.39 is 5.51 Å². The van der Waals surface area contributed by atoms with E-state index >= 15 is 0 Å². The minimum absolute atomic E-state index is 0.0611. The summed E-state index contributed by atoms with van der Waals surface area (Å²) in [4.78, 5) is 0. The summed E-state index contributed by atoms with van der Waals surface area (Å²) >= 11 is 0.0611. The third-order valence-electron chi connectivity index (χ3n) is 2.56. The SMILES string of the molecule is CCNC(CCCSC(F)(F)F)c1ccccc1. The zero-order valence-corrected chi connectivity index (χ0v) is 11.2. The van der Waals surface area contributed by atoms with Gasteiger partial charge in [-0.25, -0.2) is 0 Å². The molecule has 1 N–H and O–H groups in total. The summed E-state index contributed by atoms with van der Waals surface area (Å²) in [5, 5.41) is 3.31. The summed E-state index contributed by atoms with van der Waals surface area (Å²) in [6.07, 6.45) is 1.28. The van der Waals surface area contributed by atoms with Crippen LogP contribution in [0.2, 0.25) is 0 Å². The number of thioether (sulfide) groups is 1. The van der Waals surface area contributed by atoms with Gasteiger partial charge < -0.3 is 5.32 Å². The zero-order valence-electron chi connectivity index (χ0n) is 10.3. The maximum atomic E-state index is 12.0. The lowest BCUT2D eigenvalue weighted by Crippen LogP contribution is -2.21. The van der Waals surface area contributed by atoms with Crippen molar-refractivity contribution < 1.29 is 13.2 Å². The molecule has 0 saturated heterocycles. The standard InChI is InChI=1S/C13H18F3NS/c1-2-17-12(11-7-4-3-5-8-11)9-6-10-18-13(14,15)16/h3-5,7-8,12,17H,2,6,9-10H2,1H3. The molecule has 18 heavy (non-hydrogen) atoms. The van der Waals surface area contributed by atoms with Crippen molar-refractivity contribution in [3.05, 3.63) is 35.9 Å². The van der Waals surface area contributed by atoms with Crippen LogP contribution < -0.4 is 5.32 Å². The lowest BCUT2D eigenvalue weighted by molar-refractivity contribution is -0.0328. The number of benzene rings is 1. The van der Waals surface area contributed by atoms with E-state index in [1.54, 1.807) is 0 Å². The van der Waals surface area contributed by atoms with Crippen LogP contribution in [0.5, 0.6) is 0 Å². The molecule has 1 atom stereocenters. The number of alkyl halides is 3. The minimum atomic E-state index is -4.11. The molecular formula is C13H18F3NS. The Morgan fingerprint density at radius 2 is 1.89 bits per heavy atom. The summed E-state index contributed by atoms with van der Waals surface area (Å²) in [5.41, 5.74) is -2.98. The first kappa shape index (κ1) is 15.4. The molecule has 0 fully saturated rings. The maximum Gasteiger partial charge on any atom is 0.441 e. The van der Waals surface area contributed by atoms with Crippen molar-refractivity contribution in [2.75, 3.05) is 12.3 Å². The van der Waals surface area contributed by atoms with Crippen LogP contribution in [-0.2, 0) is 0 Å². The van der Waals surface area contributed by atoms with E-state index in [0.717, 1.165) is 18.5 Å². The van der Waals surface area contributed by atoms with Gasteiger partial charge in [-0.3, -0.25) is 0 Å². The Hall–Kier alpha value is -0.680. The Labute approximate surface area is 110 Å². The van der Waals surface area contributed by atoms with E-state index in [1.165, 1.54) is 0 Å². The summed E-state index contributed by atoms with van der Waals surface area (Å²) in [5.74, 6) is 0.123. The van der Waals surface area contributed by atoms with Crippen molar-refractivity contribution >= 4 is 11.8 Å². The van der Waals surface area contributed by atoms with Gasteiger partial charge >= 0.3 is 5.51 Å². The van der Waals surface area contributed by atoms with Gasteiger partial charge in [-0.05, 0) is 24.9 Å². The normalized spacial score (nSPS) is 13.6. The van der Waals surface area contributed by atoms with Crippen LogP contribution in [-0.4, -0.2) is 17.8 Å². The first-order valence-corrected chi connectivity index (χ1v) is 7.00. The third-order valence-corrected chi connectivity index (χ3v) is 3.38. The van der Waals surface area contributed by atoms with Crippen LogP contribution in [0, 0.1) is 0 Å². The van der Waals surface area contributed by atoms with Gasteiger partial charge in [0.15, 0.2) is 0 Å². The summed E-state index contributed by atoms with van der Waals surface area (Å²) < 4.78 is 36.0. The summed E-state index contributed by atoms with van der Waals surface area (Å²) in [7, 11) is 0. The molecule has 5 heteroatoms. The molecule has 0 saturated carbocycles. The lowest BCUT2D eigenvalue weighted by Gasteiger charge is -2.18. The molecule has 0 aliphatic heterocycles. The number of rotatable bonds is 7. The molecule has 1 aromatic rings. The van der Waals surface area contributed by atoms with Crippen LogP contribution in [0.1, 0.15) is 31.4 Å². The van der Waals surface area contributed by atoms with Gasteiger partial charge in [-0.2, -0.15) is 13.2 Å². The first-order valence-electron chi connectivity index (χ1n) is 6.02. The fourth-order valence-electron chi connectivity index (χ4n) is 1.79. The number of hydrogen-bond donors (Lipinski definition) is 1. The molecule has 0 bridgehead atoms. The molecule has 102 valence electrons. The van der Waals surface area contributed by atoms with Crippen molar-refractivity contribution in [3.63, 3.8) is 0 Å². The molecule has 0 spiro atoms. The predicted octanol–water partition coefficient (Wildman–Crippen LogP) is 4.37. The molecule has 0 heterocycles. The number of hydrogen-bond acceptors (Lipinski definition) is 2. The molecule has 0 aliphatic rings. The topological polar surface area (TPSA) is 12.0 Å². The van der Waals surface area contributed by atoms with E-state index in [4.69, 9.17) is 0 Å². The van der Waals surface area contributed by atoms with Crippen molar-refractivity contribution in [3.8, 4) is 0 Å². The van der Waals surface area contributed by atoms with E-state index in [0.29, 0.717) is 6.42 Å². The molecule has 0 amide bonds. The van der Waals surface area contributed by atoms with Crippen molar-refractivity contribution in [1.82, 2.24) is 5.32 Å². The Bertz CT molecular complexity index is 327. The fraction of sp³-hybridized carbons (Fsp3) is 0.538. The van der Waals surface area contributed by atoms with Crippen molar-refractivity contribution in [1.29, 1.82) is 0 Å². The van der Waals surface area contributed by atoms with Crippen molar-refractivity contribution in [2.24, 2.45) is 0 Å². The van der Waals surface area contributed by atoms with Gasteiger partial charge in [0.1, 0.15) is 0 Å². The molecular weight excluding hydrogens is 259 g/mol. The van der Waals surface area contributed by atoms with E-state index in [-0.39, 0.29) is 23.6 Å². The van der Waals surface area contributed by atoms with Gasteiger partial charge in [0.05, 0.1) is 0 Å². The van der Waals surface area contributed by atoms with Gasteiger partial charge in [0.2, 0.25) is 0 Å². The van der Waals surface area contributed by atoms with Crippen LogP contribution in [0.3, 0.4) is 0 Å². The van der Waals surface area contributed by atoms with E-state index in [9.17, 15) is 13.2 Å². The van der Waals surface area contributed by atoms with Crippen LogP contribution in [0.15, 0.2) is 30.3 Å². The molecule has 1 aromatic carbocycles. The highest BCUT2D eigenvalue weighted by atomic mass is 32.2. The second kappa shape index (κ2) is 7.69. The van der Waals surface area contributed by atoms with Gasteiger partial charge in [0.25, 0.3) is 0 Å². The Kier molecular flexibility index (Phi) is 6.57. The molecule has 1 nitrogen and oxygen atoms in total. The maximum absolute atomic E-state index is 12.0. The molecule has 0 aromatic heterocycles. The van der Waals surface area contributed by atoms with Gasteiger partial charge in [-0.15, -0.1) is 0 Å². The molecule has 1 unspecified atom stereocenters. The minimum Gasteiger partial charge on any atom is -0.310 e. The van der Waals surface area contributed by atoms with E-state index in [2.05, 4.69) is 5.32 Å². The second-order valence-corrected chi connectivity index (χ2v) is 5.12. The number of nitrogens with one attached hydrogen (secondary N) is 1. The second-order valence-electron chi connectivity index (χ2n) is 3.96. The summed E-state index contributed by atoms with van der Waals surface area (Å²) in [6.45, 7) is 2.81.